The molecule has 0 unspecified atom stereocenters. The predicted molar refractivity (Wildman–Crippen MR) is 95.5 cm³/mol. The molecule has 0 aliphatic heterocycles. The van der Waals surface area contributed by atoms with Gasteiger partial charge in [-0.2, -0.15) is 0 Å². The molecule has 5 heteroatoms. The molecule has 0 aliphatic carbocycles. The van der Waals surface area contributed by atoms with E-state index in [-0.39, 0.29) is 23.7 Å². The van der Waals surface area contributed by atoms with E-state index in [2.05, 4.69) is 26.1 Å². The number of carbonyl (C=O) groups excluding carboxylic acids is 1. The number of benzene rings is 2. The average molecular weight is 345 g/mol. The standard InChI is InChI=1S/C20H24FNO3/c1-20(2,3)15-4-8-18(9-5-15)25-14-19(23)22-12-13-24-17-10-6-16(21)7-11-17/h4-11H,12-14H2,1-3H3,(H,22,23). The van der Waals surface area contributed by atoms with E-state index in [1.807, 2.05) is 24.3 Å². The largest absolute Gasteiger partial charge is 0.492 e. The summed E-state index contributed by atoms with van der Waals surface area (Å²) in [5, 5.41) is 2.71. The van der Waals surface area contributed by atoms with Gasteiger partial charge < -0.3 is 14.8 Å². The second-order valence-electron chi connectivity index (χ2n) is 6.72. The van der Waals surface area contributed by atoms with Gasteiger partial charge in [0.2, 0.25) is 0 Å². The molecule has 4 nitrogen and oxygen atoms in total. The quantitative estimate of drug-likeness (QED) is 0.779. The SMILES string of the molecule is CC(C)(C)c1ccc(OCC(=O)NCCOc2ccc(F)cc2)cc1. The number of carbonyl (C=O) groups is 1. The molecule has 25 heavy (non-hydrogen) atoms. The first-order valence-corrected chi connectivity index (χ1v) is 8.23. The second kappa shape index (κ2) is 8.51. The number of amides is 1. The Morgan fingerprint density at radius 3 is 2.12 bits per heavy atom. The lowest BCUT2D eigenvalue weighted by atomic mass is 9.87. The van der Waals surface area contributed by atoms with Crippen molar-refractivity contribution in [3.05, 3.63) is 59.9 Å². The van der Waals surface area contributed by atoms with E-state index in [1.54, 1.807) is 12.1 Å². The maximum atomic E-state index is 12.8. The topological polar surface area (TPSA) is 47.6 Å². The van der Waals surface area contributed by atoms with Gasteiger partial charge in [0, 0.05) is 0 Å². The molecule has 1 amide bonds. The molecule has 2 aromatic rings. The number of hydrogen-bond donors (Lipinski definition) is 1. The van der Waals surface area contributed by atoms with E-state index in [0.717, 1.165) is 0 Å². The highest BCUT2D eigenvalue weighted by Crippen LogP contribution is 2.24. The van der Waals surface area contributed by atoms with Crippen molar-refractivity contribution in [1.82, 2.24) is 5.32 Å². The van der Waals surface area contributed by atoms with Crippen LogP contribution in [-0.2, 0) is 10.2 Å². The molecule has 0 atom stereocenters. The Morgan fingerprint density at radius 2 is 1.52 bits per heavy atom. The minimum absolute atomic E-state index is 0.0502. The van der Waals surface area contributed by atoms with Crippen LogP contribution in [0.5, 0.6) is 11.5 Å². The second-order valence-corrected chi connectivity index (χ2v) is 6.72. The van der Waals surface area contributed by atoms with Gasteiger partial charge in [0.15, 0.2) is 6.61 Å². The van der Waals surface area contributed by atoms with Crippen molar-refractivity contribution in [2.45, 2.75) is 26.2 Å². The molecular formula is C20H24FNO3. The van der Waals surface area contributed by atoms with Crippen LogP contribution in [0.1, 0.15) is 26.3 Å². The number of ether oxygens (including phenoxy) is 2. The molecule has 0 saturated carbocycles. The fourth-order valence-corrected chi connectivity index (χ4v) is 2.14. The molecule has 0 fully saturated rings. The molecular weight excluding hydrogens is 321 g/mol. The van der Waals surface area contributed by atoms with Crippen molar-refractivity contribution in [3.63, 3.8) is 0 Å². The van der Waals surface area contributed by atoms with Crippen molar-refractivity contribution >= 4 is 5.91 Å². The Kier molecular flexibility index (Phi) is 6.39. The smallest absolute Gasteiger partial charge is 0.258 e. The summed E-state index contributed by atoms with van der Waals surface area (Å²) in [6.45, 7) is 7.03. The average Bonchev–Trinajstić information content (AvgIpc) is 2.58. The van der Waals surface area contributed by atoms with Gasteiger partial charge in [-0.3, -0.25) is 4.79 Å². The van der Waals surface area contributed by atoms with Crippen LogP contribution >= 0.6 is 0 Å². The van der Waals surface area contributed by atoms with Crippen LogP contribution in [0.4, 0.5) is 4.39 Å². The van der Waals surface area contributed by atoms with Crippen LogP contribution < -0.4 is 14.8 Å². The summed E-state index contributed by atoms with van der Waals surface area (Å²) < 4.78 is 23.6. The van der Waals surface area contributed by atoms with E-state index in [1.165, 1.54) is 17.7 Å². The van der Waals surface area contributed by atoms with Crippen molar-refractivity contribution in [2.75, 3.05) is 19.8 Å². The lowest BCUT2D eigenvalue weighted by molar-refractivity contribution is -0.123. The Bertz CT molecular complexity index is 676. The highest BCUT2D eigenvalue weighted by molar-refractivity contribution is 5.77. The summed E-state index contributed by atoms with van der Waals surface area (Å²) in [5.74, 6) is 0.687. The molecule has 0 bridgehead atoms. The third-order valence-electron chi connectivity index (χ3n) is 3.60. The number of halogens is 1. The van der Waals surface area contributed by atoms with Crippen LogP contribution in [0.15, 0.2) is 48.5 Å². The van der Waals surface area contributed by atoms with Crippen LogP contribution in [0.2, 0.25) is 0 Å². The molecule has 0 saturated heterocycles. The lowest BCUT2D eigenvalue weighted by Gasteiger charge is -2.19. The van der Waals surface area contributed by atoms with E-state index >= 15 is 0 Å². The first-order valence-electron chi connectivity index (χ1n) is 8.23. The third-order valence-corrected chi connectivity index (χ3v) is 3.60. The van der Waals surface area contributed by atoms with E-state index in [0.29, 0.717) is 24.7 Å². The summed E-state index contributed by atoms with van der Waals surface area (Å²) in [6.07, 6.45) is 0. The summed E-state index contributed by atoms with van der Waals surface area (Å²) in [4.78, 5) is 11.8. The monoisotopic (exact) mass is 345 g/mol. The Morgan fingerprint density at radius 1 is 0.960 bits per heavy atom. The van der Waals surface area contributed by atoms with Crippen molar-refractivity contribution in [2.24, 2.45) is 0 Å². The Balaban J connectivity index is 1.66. The summed E-state index contributed by atoms with van der Waals surface area (Å²) >= 11 is 0. The molecule has 0 aromatic heterocycles. The Hall–Kier alpha value is -2.56. The van der Waals surface area contributed by atoms with Crippen LogP contribution in [0.3, 0.4) is 0 Å². The maximum absolute atomic E-state index is 12.8. The van der Waals surface area contributed by atoms with Gasteiger partial charge in [0.05, 0.1) is 6.54 Å². The van der Waals surface area contributed by atoms with Gasteiger partial charge >= 0.3 is 0 Å². The van der Waals surface area contributed by atoms with E-state index < -0.39 is 0 Å². The zero-order valence-electron chi connectivity index (χ0n) is 14.8. The Labute approximate surface area is 148 Å². The van der Waals surface area contributed by atoms with Gasteiger partial charge in [-0.15, -0.1) is 0 Å². The molecule has 0 aliphatic rings. The van der Waals surface area contributed by atoms with E-state index in [9.17, 15) is 9.18 Å². The van der Waals surface area contributed by atoms with Gasteiger partial charge in [-0.05, 0) is 47.4 Å². The number of rotatable bonds is 7. The summed E-state index contributed by atoms with van der Waals surface area (Å²) in [5.41, 5.74) is 1.29. The third kappa shape index (κ3) is 6.45. The zero-order valence-corrected chi connectivity index (χ0v) is 14.8. The van der Waals surface area contributed by atoms with Gasteiger partial charge in [-0.25, -0.2) is 4.39 Å². The fourth-order valence-electron chi connectivity index (χ4n) is 2.14. The van der Waals surface area contributed by atoms with Gasteiger partial charge in [-0.1, -0.05) is 32.9 Å². The summed E-state index contributed by atoms with van der Waals surface area (Å²) in [6, 6.07) is 13.5. The molecule has 134 valence electrons. The molecule has 0 spiro atoms. The highest BCUT2D eigenvalue weighted by atomic mass is 19.1. The summed E-state index contributed by atoms with van der Waals surface area (Å²) in [7, 11) is 0. The predicted octanol–water partition coefficient (Wildman–Crippen LogP) is 3.70. The van der Waals surface area contributed by atoms with Crippen molar-refractivity contribution < 1.29 is 18.7 Å². The molecule has 2 aromatic carbocycles. The van der Waals surface area contributed by atoms with E-state index in [4.69, 9.17) is 9.47 Å². The van der Waals surface area contributed by atoms with Crippen molar-refractivity contribution in [3.8, 4) is 11.5 Å². The van der Waals surface area contributed by atoms with Gasteiger partial charge in [0.1, 0.15) is 23.9 Å². The maximum Gasteiger partial charge on any atom is 0.258 e. The lowest BCUT2D eigenvalue weighted by Crippen LogP contribution is -2.32. The minimum Gasteiger partial charge on any atom is -0.492 e. The van der Waals surface area contributed by atoms with Crippen LogP contribution in [0, 0.1) is 5.82 Å². The zero-order chi connectivity index (χ0) is 18.3. The van der Waals surface area contributed by atoms with Gasteiger partial charge in [0.25, 0.3) is 5.91 Å². The van der Waals surface area contributed by atoms with Crippen molar-refractivity contribution in [1.29, 1.82) is 0 Å². The van der Waals surface area contributed by atoms with Crippen LogP contribution in [0.25, 0.3) is 0 Å². The molecule has 1 N–H and O–H groups in total. The molecule has 0 heterocycles. The highest BCUT2D eigenvalue weighted by Gasteiger charge is 2.13. The molecule has 2 rings (SSSR count). The number of nitrogens with one attached hydrogen (secondary N) is 1. The first kappa shape index (κ1) is 18.8. The first-order chi connectivity index (χ1) is 11.8. The fraction of sp³-hybridized carbons (Fsp3) is 0.350. The normalized spacial score (nSPS) is 11.0. The van der Waals surface area contributed by atoms with Crippen LogP contribution in [-0.4, -0.2) is 25.7 Å². The minimum atomic E-state index is -0.312. The molecule has 0 radical (unpaired) electrons. The number of hydrogen-bond acceptors (Lipinski definition) is 3.